The van der Waals surface area contributed by atoms with E-state index >= 15 is 0 Å². The van der Waals surface area contributed by atoms with E-state index in [2.05, 4.69) is 4.18 Å². The first kappa shape index (κ1) is 16.1. The average molecular weight is 325 g/mol. The molecule has 1 aromatic rings. The number of ether oxygens (including phenoxy) is 1. The topological polar surface area (TPSA) is 55.8 Å². The minimum absolute atomic E-state index is 0.299. The predicted molar refractivity (Wildman–Crippen MR) is 68.1 cm³/mol. The lowest BCUT2D eigenvalue weighted by Gasteiger charge is -2.27. The third-order valence-electron chi connectivity index (χ3n) is 2.95. The summed E-state index contributed by atoms with van der Waals surface area (Å²) < 4.78 is 68.7. The second-order valence-electron chi connectivity index (χ2n) is 4.48. The lowest BCUT2D eigenvalue weighted by Crippen LogP contribution is -2.36. The Morgan fingerprint density at radius 2 is 1.81 bits per heavy atom. The van der Waals surface area contributed by atoms with Gasteiger partial charge in [-0.15, -0.1) is 0 Å². The second kappa shape index (κ2) is 6.20. The maximum atomic E-state index is 12.4. The summed E-state index contributed by atoms with van der Waals surface area (Å²) in [4.78, 5) is 1.95. The van der Waals surface area contributed by atoms with Gasteiger partial charge in [-0.3, -0.25) is 4.90 Å². The van der Waals surface area contributed by atoms with Gasteiger partial charge in [0.25, 0.3) is 0 Å². The van der Waals surface area contributed by atoms with Crippen molar-refractivity contribution in [3.05, 3.63) is 29.8 Å². The molecular formula is C12H14F3NO4S. The van der Waals surface area contributed by atoms with Crippen molar-refractivity contribution >= 4 is 10.1 Å². The van der Waals surface area contributed by atoms with Gasteiger partial charge >= 0.3 is 15.6 Å². The van der Waals surface area contributed by atoms with Crippen LogP contribution in [0.1, 0.15) is 5.56 Å². The van der Waals surface area contributed by atoms with Crippen LogP contribution in [0.2, 0.25) is 0 Å². The molecule has 9 heteroatoms. The zero-order valence-electron chi connectivity index (χ0n) is 11.0. The number of halogens is 3. The van der Waals surface area contributed by atoms with Gasteiger partial charge in [0.05, 0.1) is 13.2 Å². The molecule has 1 fully saturated rings. The number of morpholine rings is 1. The summed E-state index contributed by atoms with van der Waals surface area (Å²) in [5, 5.41) is 0. The second-order valence-corrected chi connectivity index (χ2v) is 6.02. The Labute approximate surface area is 120 Å². The normalized spacial score (nSPS) is 17.7. The van der Waals surface area contributed by atoms with Gasteiger partial charge in [-0.25, -0.2) is 0 Å². The highest BCUT2D eigenvalue weighted by molar-refractivity contribution is 7.88. The third kappa shape index (κ3) is 4.08. The summed E-state index contributed by atoms with van der Waals surface area (Å²) in [6.45, 7) is 2.61. The highest BCUT2D eigenvalue weighted by Gasteiger charge is 2.48. The van der Waals surface area contributed by atoms with Crippen molar-refractivity contribution < 1.29 is 30.5 Å². The summed E-state index contributed by atoms with van der Waals surface area (Å²) in [6, 6.07) is 5.78. The Bertz CT molecular complexity index is 582. The number of para-hydroxylation sites is 1. The minimum Gasteiger partial charge on any atom is -0.379 e. The molecule has 1 aliphatic heterocycles. The van der Waals surface area contributed by atoms with Gasteiger partial charge in [0.2, 0.25) is 0 Å². The maximum absolute atomic E-state index is 12.4. The van der Waals surface area contributed by atoms with Crippen LogP contribution in [0.15, 0.2) is 24.3 Å². The molecule has 1 aliphatic rings. The van der Waals surface area contributed by atoms with E-state index in [0.717, 1.165) is 0 Å². The predicted octanol–water partition coefficient (Wildman–Crippen LogP) is 1.75. The molecule has 0 N–H and O–H groups in total. The Morgan fingerprint density at radius 1 is 1.19 bits per heavy atom. The first-order valence-electron chi connectivity index (χ1n) is 6.18. The van der Waals surface area contributed by atoms with Crippen LogP contribution in [-0.2, 0) is 21.4 Å². The summed E-state index contributed by atoms with van der Waals surface area (Å²) in [5.74, 6) is -0.304. The van der Waals surface area contributed by atoms with Crippen molar-refractivity contribution in [2.45, 2.75) is 12.1 Å². The maximum Gasteiger partial charge on any atom is 0.534 e. The molecule has 0 aromatic heterocycles. The first-order chi connectivity index (χ1) is 9.79. The van der Waals surface area contributed by atoms with E-state index in [9.17, 15) is 21.6 Å². The first-order valence-corrected chi connectivity index (χ1v) is 7.59. The fraction of sp³-hybridized carbons (Fsp3) is 0.500. The Morgan fingerprint density at radius 3 is 2.43 bits per heavy atom. The van der Waals surface area contributed by atoms with E-state index < -0.39 is 15.6 Å². The highest BCUT2D eigenvalue weighted by atomic mass is 32.2. The SMILES string of the molecule is O=S(=O)(Oc1ccccc1CN1CCOCC1)C(F)(F)F. The van der Waals surface area contributed by atoms with Crippen LogP contribution in [0, 0.1) is 0 Å². The standard InChI is InChI=1S/C12H14F3NO4S/c13-12(14,15)21(17,18)20-11-4-2-1-3-10(11)9-16-5-7-19-8-6-16/h1-4H,5-9H2. The van der Waals surface area contributed by atoms with Crippen molar-refractivity contribution in [1.29, 1.82) is 0 Å². The van der Waals surface area contributed by atoms with Crippen molar-refractivity contribution in [2.75, 3.05) is 26.3 Å². The molecule has 0 aliphatic carbocycles. The monoisotopic (exact) mass is 325 g/mol. The number of hydrogen-bond acceptors (Lipinski definition) is 5. The molecule has 118 valence electrons. The van der Waals surface area contributed by atoms with Crippen LogP contribution in [-0.4, -0.2) is 45.1 Å². The molecule has 0 bridgehead atoms. The summed E-state index contributed by atoms with van der Waals surface area (Å²) in [7, 11) is -5.66. The minimum atomic E-state index is -5.66. The zero-order valence-corrected chi connectivity index (χ0v) is 11.8. The molecule has 0 amide bonds. The van der Waals surface area contributed by atoms with Crippen molar-refractivity contribution in [3.8, 4) is 5.75 Å². The molecule has 0 radical (unpaired) electrons. The van der Waals surface area contributed by atoms with Gasteiger partial charge in [-0.2, -0.15) is 21.6 Å². The van der Waals surface area contributed by atoms with E-state index in [1.54, 1.807) is 6.07 Å². The molecule has 1 aromatic carbocycles. The van der Waals surface area contributed by atoms with Crippen LogP contribution in [0.4, 0.5) is 13.2 Å². The van der Waals surface area contributed by atoms with Gasteiger partial charge in [-0.05, 0) is 6.07 Å². The van der Waals surface area contributed by atoms with Crippen LogP contribution < -0.4 is 4.18 Å². The molecule has 0 unspecified atom stereocenters. The lowest BCUT2D eigenvalue weighted by atomic mass is 10.2. The smallest absolute Gasteiger partial charge is 0.379 e. The lowest BCUT2D eigenvalue weighted by molar-refractivity contribution is -0.0500. The summed E-state index contributed by atoms with van der Waals surface area (Å²) in [5.41, 5.74) is -5.06. The van der Waals surface area contributed by atoms with Gasteiger partial charge in [0.1, 0.15) is 5.75 Å². The van der Waals surface area contributed by atoms with E-state index in [4.69, 9.17) is 4.74 Å². The van der Waals surface area contributed by atoms with E-state index in [1.165, 1.54) is 18.2 Å². The van der Waals surface area contributed by atoms with E-state index in [-0.39, 0.29) is 5.75 Å². The number of alkyl halides is 3. The Kier molecular flexibility index (Phi) is 4.74. The van der Waals surface area contributed by atoms with Crippen molar-refractivity contribution in [3.63, 3.8) is 0 Å². The zero-order chi connectivity index (χ0) is 15.5. The largest absolute Gasteiger partial charge is 0.534 e. The van der Waals surface area contributed by atoms with Crippen LogP contribution in [0.3, 0.4) is 0 Å². The molecule has 2 rings (SSSR count). The molecule has 21 heavy (non-hydrogen) atoms. The molecule has 0 atom stereocenters. The summed E-state index contributed by atoms with van der Waals surface area (Å²) in [6.07, 6.45) is 0. The number of rotatable bonds is 4. The molecule has 1 saturated heterocycles. The van der Waals surface area contributed by atoms with Gasteiger partial charge in [0, 0.05) is 25.2 Å². The average Bonchev–Trinajstić information content (AvgIpc) is 2.40. The molecule has 0 spiro atoms. The van der Waals surface area contributed by atoms with Crippen molar-refractivity contribution in [2.24, 2.45) is 0 Å². The number of nitrogens with zero attached hydrogens (tertiary/aromatic N) is 1. The number of hydrogen-bond donors (Lipinski definition) is 0. The van der Waals surface area contributed by atoms with Crippen LogP contribution >= 0.6 is 0 Å². The molecular weight excluding hydrogens is 311 g/mol. The molecule has 0 saturated carbocycles. The summed E-state index contributed by atoms with van der Waals surface area (Å²) >= 11 is 0. The van der Waals surface area contributed by atoms with Gasteiger partial charge < -0.3 is 8.92 Å². The highest BCUT2D eigenvalue weighted by Crippen LogP contribution is 2.29. The molecule has 5 nitrogen and oxygen atoms in total. The quantitative estimate of drug-likeness (QED) is 0.623. The Balaban J connectivity index is 2.17. The van der Waals surface area contributed by atoms with Crippen LogP contribution in [0.25, 0.3) is 0 Å². The van der Waals surface area contributed by atoms with Gasteiger partial charge in [0.15, 0.2) is 0 Å². The number of benzene rings is 1. The van der Waals surface area contributed by atoms with Gasteiger partial charge in [-0.1, -0.05) is 18.2 Å². The van der Waals surface area contributed by atoms with E-state index in [1.807, 2.05) is 4.90 Å². The van der Waals surface area contributed by atoms with Crippen molar-refractivity contribution in [1.82, 2.24) is 4.90 Å². The fourth-order valence-electron chi connectivity index (χ4n) is 1.88. The Hall–Kier alpha value is -1.32. The fourth-order valence-corrected chi connectivity index (χ4v) is 2.37. The van der Waals surface area contributed by atoms with Crippen LogP contribution in [0.5, 0.6) is 5.75 Å². The third-order valence-corrected chi connectivity index (χ3v) is 3.92. The van der Waals surface area contributed by atoms with E-state index in [0.29, 0.717) is 38.4 Å². The molecule has 1 heterocycles.